The third-order valence-electron chi connectivity index (χ3n) is 5.04. The predicted molar refractivity (Wildman–Crippen MR) is 103 cm³/mol. The van der Waals surface area contributed by atoms with Crippen molar-refractivity contribution >= 4 is 17.2 Å². The van der Waals surface area contributed by atoms with Crippen LogP contribution in [0.15, 0.2) is 28.0 Å². The average Bonchev–Trinajstić information content (AvgIpc) is 3.24. The molecule has 1 amide bonds. The zero-order chi connectivity index (χ0) is 18.9. The molecule has 142 valence electrons. The molecular weight excluding hydrogens is 348 g/mol. The number of nitrogens with zero attached hydrogens (tertiary/aromatic N) is 1. The number of carbonyl (C=O) groups is 1. The van der Waals surface area contributed by atoms with Crippen LogP contribution in [0, 0.1) is 5.92 Å². The number of likely N-dealkylation sites (tertiary alicyclic amines) is 1. The van der Waals surface area contributed by atoms with E-state index in [1.807, 2.05) is 17.5 Å². The first-order valence-electron chi connectivity index (χ1n) is 9.12. The summed E-state index contributed by atoms with van der Waals surface area (Å²) in [6.45, 7) is 8.81. The fourth-order valence-corrected chi connectivity index (χ4v) is 4.47. The van der Waals surface area contributed by atoms with E-state index >= 15 is 0 Å². The van der Waals surface area contributed by atoms with E-state index in [1.54, 1.807) is 17.4 Å². The zero-order valence-corrected chi connectivity index (χ0v) is 16.5. The Morgan fingerprint density at radius 2 is 2.12 bits per heavy atom. The molecule has 2 aromatic heterocycles. The average molecular weight is 377 g/mol. The fourth-order valence-electron chi connectivity index (χ4n) is 3.66. The molecule has 2 aromatic rings. The third-order valence-corrected chi connectivity index (χ3v) is 5.98. The Labute approximate surface area is 158 Å². The lowest BCUT2D eigenvalue weighted by atomic mass is 9.88. The van der Waals surface area contributed by atoms with E-state index < -0.39 is 5.91 Å². The number of primary amides is 1. The Morgan fingerprint density at radius 3 is 2.65 bits per heavy atom. The quantitative estimate of drug-likeness (QED) is 0.834. The molecule has 0 radical (unpaired) electrons. The van der Waals surface area contributed by atoms with Crippen LogP contribution in [0.2, 0.25) is 0 Å². The first-order chi connectivity index (χ1) is 12.3. The summed E-state index contributed by atoms with van der Waals surface area (Å²) in [6, 6.07) is 5.78. The number of aliphatic hydroxyl groups is 1. The van der Waals surface area contributed by atoms with Crippen molar-refractivity contribution in [2.75, 3.05) is 13.1 Å². The summed E-state index contributed by atoms with van der Waals surface area (Å²) < 4.78 is 5.75. The molecule has 6 heteroatoms. The zero-order valence-electron chi connectivity index (χ0n) is 15.7. The van der Waals surface area contributed by atoms with Crippen molar-refractivity contribution in [1.82, 2.24) is 4.90 Å². The highest BCUT2D eigenvalue weighted by Crippen LogP contribution is 2.34. The van der Waals surface area contributed by atoms with E-state index in [0.29, 0.717) is 5.92 Å². The Balaban J connectivity index is 1.65. The van der Waals surface area contributed by atoms with E-state index in [2.05, 4.69) is 25.7 Å². The molecular formula is C20H28N2O3S. The molecule has 1 unspecified atom stereocenters. The summed E-state index contributed by atoms with van der Waals surface area (Å²) in [5.41, 5.74) is 6.24. The summed E-state index contributed by atoms with van der Waals surface area (Å²) >= 11 is 1.62. The van der Waals surface area contributed by atoms with Crippen molar-refractivity contribution in [2.24, 2.45) is 11.7 Å². The second-order valence-electron chi connectivity index (χ2n) is 8.15. The minimum Gasteiger partial charge on any atom is -0.455 e. The summed E-state index contributed by atoms with van der Waals surface area (Å²) in [7, 11) is 0. The van der Waals surface area contributed by atoms with Gasteiger partial charge in [0.2, 0.25) is 0 Å². The molecule has 3 rings (SSSR count). The maximum Gasteiger partial charge on any atom is 0.284 e. The van der Waals surface area contributed by atoms with Crippen LogP contribution in [0.4, 0.5) is 0 Å². The topological polar surface area (TPSA) is 79.7 Å². The van der Waals surface area contributed by atoms with Gasteiger partial charge in [-0.3, -0.25) is 9.69 Å². The van der Waals surface area contributed by atoms with Gasteiger partial charge in [-0.25, -0.2) is 0 Å². The van der Waals surface area contributed by atoms with Gasteiger partial charge in [0.15, 0.2) is 5.76 Å². The lowest BCUT2D eigenvalue weighted by Gasteiger charge is -2.34. The second-order valence-corrected chi connectivity index (χ2v) is 9.13. The second kappa shape index (κ2) is 7.55. The highest BCUT2D eigenvalue weighted by atomic mass is 32.1. The molecule has 1 aliphatic heterocycles. The molecule has 0 spiro atoms. The van der Waals surface area contributed by atoms with Crippen molar-refractivity contribution in [3.05, 3.63) is 45.5 Å². The van der Waals surface area contributed by atoms with Gasteiger partial charge in [0.05, 0.1) is 6.10 Å². The van der Waals surface area contributed by atoms with Crippen LogP contribution in [0.25, 0.3) is 0 Å². The number of furan rings is 1. The number of piperidine rings is 1. The number of rotatable bonds is 5. The Hall–Kier alpha value is -1.63. The van der Waals surface area contributed by atoms with E-state index in [-0.39, 0.29) is 17.3 Å². The molecule has 0 aromatic carbocycles. The van der Waals surface area contributed by atoms with Crippen LogP contribution < -0.4 is 5.73 Å². The smallest absolute Gasteiger partial charge is 0.284 e. The number of amides is 1. The van der Waals surface area contributed by atoms with E-state index in [0.717, 1.165) is 48.7 Å². The number of aliphatic hydroxyl groups excluding tert-OH is 1. The first kappa shape index (κ1) is 19.1. The summed E-state index contributed by atoms with van der Waals surface area (Å²) in [6.07, 6.45) is 1.56. The standard InChI is InChI=1S/C20H28N2O3S/c1-20(2,3)18-14(11-15(25-18)19(21)24)12-22-8-6-13(7-9-22)17(23)16-5-4-10-26-16/h4-5,10-11,13,17,23H,6-9,12H2,1-3H3,(H2,21,24). The van der Waals surface area contributed by atoms with Gasteiger partial charge in [0.25, 0.3) is 5.91 Å². The molecule has 1 atom stereocenters. The molecule has 0 aliphatic carbocycles. The first-order valence-corrected chi connectivity index (χ1v) is 10.0. The molecule has 1 saturated heterocycles. The van der Waals surface area contributed by atoms with E-state index in [9.17, 15) is 9.90 Å². The normalized spacial score (nSPS) is 18.2. The summed E-state index contributed by atoms with van der Waals surface area (Å²) in [5.74, 6) is 0.831. The molecule has 1 aliphatic rings. The maximum atomic E-state index is 11.5. The van der Waals surface area contributed by atoms with Gasteiger partial charge < -0.3 is 15.3 Å². The monoisotopic (exact) mass is 376 g/mol. The van der Waals surface area contributed by atoms with Gasteiger partial charge in [-0.2, -0.15) is 0 Å². The number of nitrogens with two attached hydrogens (primary N) is 1. The molecule has 0 bridgehead atoms. The van der Waals surface area contributed by atoms with Gasteiger partial charge >= 0.3 is 0 Å². The van der Waals surface area contributed by atoms with Crippen LogP contribution in [0.3, 0.4) is 0 Å². The molecule has 3 N–H and O–H groups in total. The van der Waals surface area contributed by atoms with Crippen LogP contribution in [0.5, 0.6) is 0 Å². The minimum atomic E-state index is -0.528. The molecule has 5 nitrogen and oxygen atoms in total. The van der Waals surface area contributed by atoms with Crippen LogP contribution >= 0.6 is 11.3 Å². The van der Waals surface area contributed by atoms with Crippen LogP contribution in [-0.2, 0) is 12.0 Å². The number of hydrogen-bond donors (Lipinski definition) is 2. The van der Waals surface area contributed by atoms with E-state index in [1.165, 1.54) is 0 Å². The van der Waals surface area contributed by atoms with Gasteiger partial charge in [-0.15, -0.1) is 11.3 Å². The third kappa shape index (κ3) is 4.19. The lowest BCUT2D eigenvalue weighted by molar-refractivity contribution is 0.0588. The maximum absolute atomic E-state index is 11.5. The molecule has 1 fully saturated rings. The van der Waals surface area contributed by atoms with Crippen molar-refractivity contribution < 1.29 is 14.3 Å². The fraction of sp³-hybridized carbons (Fsp3) is 0.550. The largest absolute Gasteiger partial charge is 0.455 e. The van der Waals surface area contributed by atoms with Crippen LogP contribution in [-0.4, -0.2) is 29.0 Å². The van der Waals surface area contributed by atoms with Crippen molar-refractivity contribution in [1.29, 1.82) is 0 Å². The van der Waals surface area contributed by atoms with Gasteiger partial charge in [-0.05, 0) is 49.4 Å². The number of thiophene rings is 1. The van der Waals surface area contributed by atoms with Gasteiger partial charge in [-0.1, -0.05) is 26.8 Å². The minimum absolute atomic E-state index is 0.184. The van der Waals surface area contributed by atoms with Crippen molar-refractivity contribution in [3.8, 4) is 0 Å². The highest BCUT2D eigenvalue weighted by Gasteiger charge is 2.30. The summed E-state index contributed by atoms with van der Waals surface area (Å²) in [5, 5.41) is 12.6. The van der Waals surface area contributed by atoms with Crippen molar-refractivity contribution in [3.63, 3.8) is 0 Å². The summed E-state index contributed by atoms with van der Waals surface area (Å²) in [4.78, 5) is 14.9. The lowest BCUT2D eigenvalue weighted by Crippen LogP contribution is -2.35. The van der Waals surface area contributed by atoms with Crippen LogP contribution in [0.1, 0.15) is 66.5 Å². The highest BCUT2D eigenvalue weighted by molar-refractivity contribution is 7.10. The predicted octanol–water partition coefficient (Wildman–Crippen LogP) is 3.68. The Morgan fingerprint density at radius 1 is 1.42 bits per heavy atom. The van der Waals surface area contributed by atoms with Gasteiger partial charge in [0, 0.05) is 22.4 Å². The Bertz CT molecular complexity index is 738. The van der Waals surface area contributed by atoms with Gasteiger partial charge in [0.1, 0.15) is 5.76 Å². The molecule has 26 heavy (non-hydrogen) atoms. The molecule has 0 saturated carbocycles. The Kier molecular flexibility index (Phi) is 5.55. The number of hydrogen-bond acceptors (Lipinski definition) is 5. The van der Waals surface area contributed by atoms with E-state index in [4.69, 9.17) is 10.2 Å². The molecule has 3 heterocycles. The SMILES string of the molecule is CC(C)(C)c1oc(C(N)=O)cc1CN1CCC(C(O)c2cccs2)CC1. The van der Waals surface area contributed by atoms with Crippen molar-refractivity contribution in [2.45, 2.75) is 51.7 Å². The number of carbonyl (C=O) groups excluding carboxylic acids is 1.